The number of carbonyl (C=O) groups excluding carboxylic acids is 1. The van der Waals surface area contributed by atoms with Gasteiger partial charge in [0.2, 0.25) is 5.91 Å². The standard InChI is InChI=1S/C12H11NO3/c1-2-13-9-5-8-10(14)6-16-11(8)3-7(9)4-12(13)15/h3,5-6,14H,2,4H2,1H3. The molecule has 0 unspecified atom stereocenters. The highest BCUT2D eigenvalue weighted by atomic mass is 16.4. The number of fused-ring (bicyclic) bond motifs is 2. The lowest BCUT2D eigenvalue weighted by Crippen LogP contribution is -2.25. The van der Waals surface area contributed by atoms with Gasteiger partial charge in [0.25, 0.3) is 0 Å². The Hall–Kier alpha value is -1.97. The Morgan fingerprint density at radius 2 is 2.31 bits per heavy atom. The Bertz CT molecular complexity index is 585. The lowest BCUT2D eigenvalue weighted by molar-refractivity contribution is -0.117. The van der Waals surface area contributed by atoms with Crippen molar-refractivity contribution in [2.75, 3.05) is 11.4 Å². The molecule has 0 bridgehead atoms. The van der Waals surface area contributed by atoms with E-state index < -0.39 is 0 Å². The maximum Gasteiger partial charge on any atom is 0.231 e. The van der Waals surface area contributed by atoms with Crippen molar-refractivity contribution in [1.29, 1.82) is 0 Å². The van der Waals surface area contributed by atoms with Crippen LogP contribution in [-0.2, 0) is 11.2 Å². The highest BCUT2D eigenvalue weighted by Crippen LogP contribution is 2.36. The number of rotatable bonds is 1. The van der Waals surface area contributed by atoms with E-state index in [9.17, 15) is 9.90 Å². The number of hydrogen-bond acceptors (Lipinski definition) is 3. The number of furan rings is 1. The Labute approximate surface area is 92.1 Å². The molecule has 82 valence electrons. The summed E-state index contributed by atoms with van der Waals surface area (Å²) in [7, 11) is 0. The van der Waals surface area contributed by atoms with Crippen LogP contribution in [0.3, 0.4) is 0 Å². The number of aromatic hydroxyl groups is 1. The second kappa shape index (κ2) is 3.01. The monoisotopic (exact) mass is 217 g/mol. The predicted molar refractivity (Wildman–Crippen MR) is 59.6 cm³/mol. The predicted octanol–water partition coefficient (Wildman–Crippen LogP) is 2.05. The first kappa shape index (κ1) is 9.27. The van der Waals surface area contributed by atoms with Crippen LogP contribution in [0.25, 0.3) is 11.0 Å². The van der Waals surface area contributed by atoms with E-state index in [4.69, 9.17) is 4.42 Å². The minimum absolute atomic E-state index is 0.102. The summed E-state index contributed by atoms with van der Waals surface area (Å²) in [5.41, 5.74) is 2.48. The molecule has 0 fully saturated rings. The van der Waals surface area contributed by atoms with Gasteiger partial charge in [0.15, 0.2) is 5.75 Å². The van der Waals surface area contributed by atoms with Gasteiger partial charge in [0.05, 0.1) is 11.8 Å². The Morgan fingerprint density at radius 1 is 1.50 bits per heavy atom. The van der Waals surface area contributed by atoms with Crippen molar-refractivity contribution in [3.05, 3.63) is 24.0 Å². The third kappa shape index (κ3) is 1.07. The van der Waals surface area contributed by atoms with Gasteiger partial charge in [0.1, 0.15) is 11.8 Å². The summed E-state index contributed by atoms with van der Waals surface area (Å²) in [5.74, 6) is 0.220. The van der Waals surface area contributed by atoms with Crippen molar-refractivity contribution in [2.45, 2.75) is 13.3 Å². The first-order chi connectivity index (χ1) is 7.70. The molecule has 0 radical (unpaired) electrons. The molecule has 0 spiro atoms. The molecule has 4 heteroatoms. The van der Waals surface area contributed by atoms with Crippen LogP contribution < -0.4 is 4.90 Å². The van der Waals surface area contributed by atoms with Crippen LogP contribution in [0.5, 0.6) is 5.75 Å². The van der Waals surface area contributed by atoms with Gasteiger partial charge in [-0.1, -0.05) is 0 Å². The third-order valence-electron chi connectivity index (χ3n) is 3.00. The van der Waals surface area contributed by atoms with E-state index in [0.29, 0.717) is 23.9 Å². The molecule has 2 heterocycles. The first-order valence-electron chi connectivity index (χ1n) is 5.24. The maximum atomic E-state index is 11.7. The van der Waals surface area contributed by atoms with Crippen molar-refractivity contribution in [3.63, 3.8) is 0 Å². The second-order valence-electron chi connectivity index (χ2n) is 3.91. The molecule has 1 aromatic heterocycles. The second-order valence-corrected chi connectivity index (χ2v) is 3.91. The molecule has 0 atom stereocenters. The molecule has 0 saturated heterocycles. The molecular formula is C12H11NO3. The van der Waals surface area contributed by atoms with E-state index in [0.717, 1.165) is 11.3 Å². The van der Waals surface area contributed by atoms with Gasteiger partial charge >= 0.3 is 0 Å². The molecule has 1 N–H and O–H groups in total. The van der Waals surface area contributed by atoms with Crippen LogP contribution in [0.15, 0.2) is 22.8 Å². The van der Waals surface area contributed by atoms with E-state index in [1.807, 2.05) is 19.1 Å². The topological polar surface area (TPSA) is 53.7 Å². The summed E-state index contributed by atoms with van der Waals surface area (Å²) in [6.07, 6.45) is 1.73. The van der Waals surface area contributed by atoms with Crippen molar-refractivity contribution in [1.82, 2.24) is 0 Å². The molecule has 2 aromatic rings. The molecule has 0 aliphatic carbocycles. The van der Waals surface area contributed by atoms with Crippen molar-refractivity contribution in [2.24, 2.45) is 0 Å². The zero-order valence-corrected chi connectivity index (χ0v) is 8.86. The largest absolute Gasteiger partial charge is 0.504 e. The van der Waals surface area contributed by atoms with Gasteiger partial charge in [-0.05, 0) is 24.6 Å². The van der Waals surface area contributed by atoms with E-state index in [1.54, 1.807) is 4.90 Å². The number of anilines is 1. The summed E-state index contributed by atoms with van der Waals surface area (Å²) in [6.45, 7) is 2.59. The lowest BCUT2D eigenvalue weighted by Gasteiger charge is -2.14. The maximum absolute atomic E-state index is 11.7. The smallest absolute Gasteiger partial charge is 0.231 e. The summed E-state index contributed by atoms with van der Waals surface area (Å²) in [5, 5.41) is 10.2. The van der Waals surface area contributed by atoms with Gasteiger partial charge < -0.3 is 14.4 Å². The van der Waals surface area contributed by atoms with E-state index in [-0.39, 0.29) is 11.7 Å². The Kier molecular flexibility index (Phi) is 1.74. The van der Waals surface area contributed by atoms with E-state index in [1.165, 1.54) is 6.26 Å². The number of amides is 1. The van der Waals surface area contributed by atoms with Crippen molar-refractivity contribution < 1.29 is 14.3 Å². The van der Waals surface area contributed by atoms with Crippen molar-refractivity contribution in [3.8, 4) is 5.75 Å². The molecule has 3 rings (SSSR count). The minimum Gasteiger partial charge on any atom is -0.504 e. The molecule has 1 aliphatic heterocycles. The molecular weight excluding hydrogens is 206 g/mol. The van der Waals surface area contributed by atoms with Crippen LogP contribution in [-0.4, -0.2) is 17.6 Å². The normalized spacial score (nSPS) is 14.8. The molecule has 0 saturated carbocycles. The molecule has 1 aromatic carbocycles. The fourth-order valence-electron chi connectivity index (χ4n) is 2.22. The fourth-order valence-corrected chi connectivity index (χ4v) is 2.22. The number of carbonyl (C=O) groups is 1. The summed E-state index contributed by atoms with van der Waals surface area (Å²) in [6, 6.07) is 3.65. The van der Waals surface area contributed by atoms with Gasteiger partial charge in [-0.2, -0.15) is 0 Å². The van der Waals surface area contributed by atoms with Crippen LogP contribution in [0, 0.1) is 0 Å². The number of benzene rings is 1. The average molecular weight is 217 g/mol. The zero-order chi connectivity index (χ0) is 11.3. The Morgan fingerprint density at radius 3 is 3.06 bits per heavy atom. The highest BCUT2D eigenvalue weighted by Gasteiger charge is 2.27. The van der Waals surface area contributed by atoms with Crippen LogP contribution in [0.2, 0.25) is 0 Å². The summed E-state index contributed by atoms with van der Waals surface area (Å²) >= 11 is 0. The fraction of sp³-hybridized carbons (Fsp3) is 0.250. The lowest BCUT2D eigenvalue weighted by atomic mass is 10.1. The number of nitrogens with zero attached hydrogens (tertiary/aromatic N) is 1. The van der Waals surface area contributed by atoms with Crippen LogP contribution in [0.4, 0.5) is 5.69 Å². The average Bonchev–Trinajstić information content (AvgIpc) is 2.76. The summed E-state index contributed by atoms with van der Waals surface area (Å²) in [4.78, 5) is 13.4. The minimum atomic E-state index is 0.102. The number of hydrogen-bond donors (Lipinski definition) is 1. The number of likely N-dealkylation sites (N-methyl/N-ethyl adjacent to an activating group) is 1. The van der Waals surface area contributed by atoms with Crippen LogP contribution in [0.1, 0.15) is 12.5 Å². The molecule has 1 aliphatic rings. The third-order valence-corrected chi connectivity index (χ3v) is 3.00. The Balaban J connectivity index is 2.27. The van der Waals surface area contributed by atoms with Crippen LogP contribution >= 0.6 is 0 Å². The molecule has 1 amide bonds. The van der Waals surface area contributed by atoms with Crippen molar-refractivity contribution >= 4 is 22.6 Å². The van der Waals surface area contributed by atoms with Gasteiger partial charge in [-0.15, -0.1) is 0 Å². The van der Waals surface area contributed by atoms with Gasteiger partial charge in [-0.25, -0.2) is 0 Å². The highest BCUT2D eigenvalue weighted by molar-refractivity contribution is 6.04. The SMILES string of the molecule is CCN1C(=O)Cc2cc3occ(O)c3cc21. The quantitative estimate of drug-likeness (QED) is 0.795. The van der Waals surface area contributed by atoms with Gasteiger partial charge in [0, 0.05) is 12.2 Å². The van der Waals surface area contributed by atoms with E-state index in [2.05, 4.69) is 0 Å². The zero-order valence-electron chi connectivity index (χ0n) is 8.86. The first-order valence-corrected chi connectivity index (χ1v) is 5.24. The molecule has 16 heavy (non-hydrogen) atoms. The van der Waals surface area contributed by atoms with Gasteiger partial charge in [-0.3, -0.25) is 4.79 Å². The van der Waals surface area contributed by atoms with E-state index >= 15 is 0 Å². The molecule has 4 nitrogen and oxygen atoms in total. The summed E-state index contributed by atoms with van der Waals surface area (Å²) < 4.78 is 5.20.